The van der Waals surface area contributed by atoms with Crippen LogP contribution in [0.1, 0.15) is 76.1 Å². The Morgan fingerprint density at radius 2 is 1.70 bits per heavy atom. The van der Waals surface area contributed by atoms with E-state index < -0.39 is 30.8 Å². The van der Waals surface area contributed by atoms with Gasteiger partial charge < -0.3 is 36.2 Å². The number of halogens is 1. The van der Waals surface area contributed by atoms with Gasteiger partial charge in [-0.25, -0.2) is 9.37 Å². The van der Waals surface area contributed by atoms with Gasteiger partial charge in [0.15, 0.2) is 0 Å². The Bertz CT molecular complexity index is 1640. The largest absolute Gasteiger partial charge is 0.508 e. The fraction of sp³-hybridized carbons (Fsp3) is 0.343. The summed E-state index contributed by atoms with van der Waals surface area (Å²) in [5.74, 6) is -0.772. The maximum Gasteiger partial charge on any atom is 0.268 e. The van der Waals surface area contributed by atoms with Crippen molar-refractivity contribution < 1.29 is 39.5 Å². The van der Waals surface area contributed by atoms with Gasteiger partial charge in [0.05, 0.1) is 36.8 Å². The minimum atomic E-state index is -1.57. The SMILES string of the molecule is CCC(O)c1ccc(F)cc1.NC(=O)c1csc(CCc2ccc(N3C(=O)CC3c3cc(CCC(O)(CO)CO)ccc3O)cc2)n1. The molecule has 0 saturated carbocycles. The van der Waals surface area contributed by atoms with Gasteiger partial charge in [0.1, 0.15) is 22.9 Å². The molecule has 47 heavy (non-hydrogen) atoms. The highest BCUT2D eigenvalue weighted by Crippen LogP contribution is 2.42. The first-order valence-corrected chi connectivity index (χ1v) is 16.2. The molecule has 0 aliphatic carbocycles. The van der Waals surface area contributed by atoms with Gasteiger partial charge in [0.2, 0.25) is 5.91 Å². The molecular formula is C35H40FN3O7S. The van der Waals surface area contributed by atoms with Crippen LogP contribution in [0.25, 0.3) is 0 Å². The number of carbonyl (C=O) groups excluding carboxylic acids is 2. The number of aryl methyl sites for hydroxylation is 3. The number of hydrogen-bond donors (Lipinski definition) is 6. The van der Waals surface area contributed by atoms with Gasteiger partial charge in [0.25, 0.3) is 5.91 Å². The average molecular weight is 666 g/mol. The number of phenols is 1. The number of anilines is 1. The third-order valence-corrected chi connectivity index (χ3v) is 9.06. The number of phenolic OH excluding ortho intramolecular Hbond substituents is 1. The van der Waals surface area contributed by atoms with Gasteiger partial charge in [-0.15, -0.1) is 11.3 Å². The van der Waals surface area contributed by atoms with Crippen molar-refractivity contribution in [3.8, 4) is 5.75 Å². The van der Waals surface area contributed by atoms with E-state index in [-0.39, 0.29) is 42.1 Å². The number of β-lactam (4-membered cyclic amide) rings is 1. The number of aliphatic hydroxyl groups is 4. The number of nitrogens with two attached hydrogens (primary N) is 1. The molecule has 12 heteroatoms. The molecule has 0 spiro atoms. The Balaban J connectivity index is 0.000000385. The topological polar surface area (TPSA) is 177 Å². The summed E-state index contributed by atoms with van der Waals surface area (Å²) in [5.41, 5.74) is 7.95. The molecule has 5 rings (SSSR count). The van der Waals surface area contributed by atoms with Gasteiger partial charge >= 0.3 is 0 Å². The Kier molecular flexibility index (Phi) is 12.2. The highest BCUT2D eigenvalue weighted by molar-refractivity contribution is 7.09. The summed E-state index contributed by atoms with van der Waals surface area (Å²) in [6.45, 7) is 0.787. The number of carbonyl (C=O) groups is 2. The molecule has 0 radical (unpaired) electrons. The number of hydrogen-bond acceptors (Lipinski definition) is 9. The third kappa shape index (κ3) is 9.21. The number of benzene rings is 3. The summed E-state index contributed by atoms with van der Waals surface area (Å²) in [5, 5.41) is 51.0. The van der Waals surface area contributed by atoms with Crippen LogP contribution in [-0.2, 0) is 24.1 Å². The van der Waals surface area contributed by atoms with Crippen LogP contribution in [0.4, 0.5) is 10.1 Å². The zero-order valence-corrected chi connectivity index (χ0v) is 26.9. The standard InChI is InChI=1S/C26H29N3O6S.C9H11FO/c27-25(34)20-13-36-23(28-20)8-4-16-1-5-18(6-2-16)29-21(12-24(29)33)19-11-17(3-7-22(19)32)9-10-26(35,14-30)15-31;1-2-9(11)7-3-5-8(10)6-4-7/h1-3,5-7,11,13,21,30-32,35H,4,8-10,12,14-15H2,(H2,27,34);3-6,9,11H,2H2,1H3. The van der Waals surface area contributed by atoms with Crippen LogP contribution in [0.5, 0.6) is 5.75 Å². The smallest absolute Gasteiger partial charge is 0.268 e. The lowest BCUT2D eigenvalue weighted by atomic mass is 9.89. The normalized spacial score (nSPS) is 15.1. The van der Waals surface area contributed by atoms with Gasteiger partial charge in [-0.1, -0.05) is 43.3 Å². The van der Waals surface area contributed by atoms with E-state index in [9.17, 15) is 39.5 Å². The maximum atomic E-state index is 12.5. The summed E-state index contributed by atoms with van der Waals surface area (Å²) in [6.07, 6.45) is 2.40. The number of aliphatic hydroxyl groups excluding tert-OH is 3. The molecule has 2 heterocycles. The van der Waals surface area contributed by atoms with Crippen molar-refractivity contribution in [3.63, 3.8) is 0 Å². The first kappa shape index (κ1) is 35.7. The quantitative estimate of drug-likeness (QED) is 0.116. The first-order chi connectivity index (χ1) is 22.5. The lowest BCUT2D eigenvalue weighted by Crippen LogP contribution is -2.46. The maximum absolute atomic E-state index is 12.5. The second-order valence-corrected chi connectivity index (χ2v) is 12.5. The molecule has 2 amide bonds. The van der Waals surface area contributed by atoms with Crippen LogP contribution in [0, 0.1) is 5.82 Å². The molecule has 0 bridgehead atoms. The first-order valence-electron chi connectivity index (χ1n) is 15.3. The van der Waals surface area contributed by atoms with Crippen LogP contribution >= 0.6 is 11.3 Å². The van der Waals surface area contributed by atoms with Gasteiger partial charge in [0, 0.05) is 23.1 Å². The van der Waals surface area contributed by atoms with E-state index in [2.05, 4.69) is 4.98 Å². The summed E-state index contributed by atoms with van der Waals surface area (Å²) < 4.78 is 12.4. The number of thiazole rings is 1. The van der Waals surface area contributed by atoms with E-state index in [0.29, 0.717) is 24.8 Å². The summed E-state index contributed by atoms with van der Waals surface area (Å²) in [4.78, 5) is 29.6. The zero-order valence-electron chi connectivity index (χ0n) is 26.1. The Hall–Kier alpha value is -4.20. The number of amides is 2. The number of aromatic hydroxyl groups is 1. The van der Waals surface area contributed by atoms with Crippen molar-refractivity contribution in [1.82, 2.24) is 4.98 Å². The number of primary amides is 1. The van der Waals surface area contributed by atoms with Crippen LogP contribution in [0.2, 0.25) is 0 Å². The van der Waals surface area contributed by atoms with Crippen molar-refractivity contribution in [3.05, 3.63) is 111 Å². The minimum Gasteiger partial charge on any atom is -0.508 e. The molecule has 2 atom stereocenters. The predicted molar refractivity (Wildman–Crippen MR) is 177 cm³/mol. The number of rotatable bonds is 13. The molecular weight excluding hydrogens is 625 g/mol. The van der Waals surface area contributed by atoms with Crippen molar-refractivity contribution in [2.45, 2.75) is 63.2 Å². The van der Waals surface area contributed by atoms with Gasteiger partial charge in [-0.05, 0) is 72.7 Å². The average Bonchev–Trinajstić information content (AvgIpc) is 3.56. The van der Waals surface area contributed by atoms with E-state index >= 15 is 0 Å². The van der Waals surface area contributed by atoms with Crippen molar-refractivity contribution in [2.75, 3.05) is 18.1 Å². The lowest BCUT2D eigenvalue weighted by Gasteiger charge is -2.41. The predicted octanol–water partition coefficient (Wildman–Crippen LogP) is 4.13. The van der Waals surface area contributed by atoms with E-state index in [1.54, 1.807) is 40.6 Å². The number of nitrogens with zero attached hydrogens (tertiary/aromatic N) is 2. The Morgan fingerprint density at radius 1 is 1.04 bits per heavy atom. The van der Waals surface area contributed by atoms with Crippen LogP contribution < -0.4 is 10.6 Å². The van der Waals surface area contributed by atoms with Crippen LogP contribution in [-0.4, -0.2) is 61.1 Å². The van der Waals surface area contributed by atoms with Crippen LogP contribution in [0.15, 0.2) is 72.1 Å². The van der Waals surface area contributed by atoms with E-state index in [4.69, 9.17) is 5.73 Å². The second-order valence-electron chi connectivity index (χ2n) is 11.6. The zero-order chi connectivity index (χ0) is 34.1. The molecule has 1 aliphatic heterocycles. The monoisotopic (exact) mass is 665 g/mol. The molecule has 7 N–H and O–H groups in total. The Labute approximate surface area is 276 Å². The van der Waals surface area contributed by atoms with Gasteiger partial charge in [-0.2, -0.15) is 0 Å². The van der Waals surface area contributed by atoms with E-state index in [1.807, 2.05) is 31.2 Å². The lowest BCUT2D eigenvalue weighted by molar-refractivity contribution is -0.124. The summed E-state index contributed by atoms with van der Waals surface area (Å²) >= 11 is 1.40. The second kappa shape index (κ2) is 16.1. The molecule has 2 unspecified atom stereocenters. The molecule has 4 aromatic rings. The third-order valence-electron chi connectivity index (χ3n) is 8.15. The highest BCUT2D eigenvalue weighted by Gasteiger charge is 2.39. The van der Waals surface area contributed by atoms with Gasteiger partial charge in [-0.3, -0.25) is 9.59 Å². The molecule has 3 aromatic carbocycles. The summed E-state index contributed by atoms with van der Waals surface area (Å²) in [6, 6.07) is 18.3. The molecule has 1 aromatic heterocycles. The molecule has 10 nitrogen and oxygen atoms in total. The van der Waals surface area contributed by atoms with Crippen LogP contribution in [0.3, 0.4) is 0 Å². The van der Waals surface area contributed by atoms with E-state index in [0.717, 1.165) is 33.8 Å². The summed E-state index contributed by atoms with van der Waals surface area (Å²) in [7, 11) is 0. The fourth-order valence-electron chi connectivity index (χ4n) is 5.13. The van der Waals surface area contributed by atoms with Crippen molar-refractivity contribution in [1.29, 1.82) is 0 Å². The van der Waals surface area contributed by atoms with Crippen molar-refractivity contribution >= 4 is 28.8 Å². The van der Waals surface area contributed by atoms with E-state index in [1.165, 1.54) is 23.5 Å². The fourth-order valence-corrected chi connectivity index (χ4v) is 5.92. The minimum absolute atomic E-state index is 0.0470. The Morgan fingerprint density at radius 3 is 2.28 bits per heavy atom. The molecule has 1 aliphatic rings. The molecule has 1 fully saturated rings. The number of aromatic nitrogens is 1. The highest BCUT2D eigenvalue weighted by atomic mass is 32.1. The molecule has 250 valence electrons. The molecule has 1 saturated heterocycles. The van der Waals surface area contributed by atoms with Crippen molar-refractivity contribution in [2.24, 2.45) is 5.73 Å².